The molecule has 5 amide bonds. The molecule has 5 heterocycles. The van der Waals surface area contributed by atoms with Gasteiger partial charge in [0.2, 0.25) is 11.8 Å². The number of benzene rings is 2. The minimum atomic E-state index is -1.16. The summed E-state index contributed by atoms with van der Waals surface area (Å²) >= 11 is 6.26. The Balaban J connectivity index is 0.914. The standard InChI is InChI=1S/C42H43ClN10O6/c1-41(2)39(42(3,4)40(41)59-28-8-5-24(21-44)31(43)20-28)53-34(54)12-10-32(38(53)58)52-36(56)29-9-7-27(19-30(29)37(52)57)51-23-26(47-48-51)13-14-49-15-17-50(18-16-49)33-11-6-25(22-46-33)35(45)55/h5-9,11,19-20,22-23,32,39-40H,10,12-18H2,1-4H3,(H2,45,55). The second kappa shape index (κ2) is 14.9. The first-order valence-electron chi connectivity index (χ1n) is 19.5. The van der Waals surface area contributed by atoms with E-state index in [9.17, 15) is 29.2 Å². The lowest BCUT2D eigenvalue weighted by molar-refractivity contribution is -0.216. The van der Waals surface area contributed by atoms with Crippen LogP contribution in [-0.4, -0.2) is 115 Å². The second-order valence-electron chi connectivity index (χ2n) is 16.7. The number of ether oxygens (including phenoxy) is 1. The van der Waals surface area contributed by atoms with Gasteiger partial charge in [0, 0.05) is 68.7 Å². The van der Waals surface area contributed by atoms with Crippen molar-refractivity contribution in [3.8, 4) is 17.5 Å². The zero-order valence-corrected chi connectivity index (χ0v) is 33.8. The maximum atomic E-state index is 14.4. The average Bonchev–Trinajstić information content (AvgIpc) is 3.79. The molecule has 4 aliphatic rings. The van der Waals surface area contributed by atoms with Crippen molar-refractivity contribution in [2.75, 3.05) is 37.6 Å². The van der Waals surface area contributed by atoms with Crippen LogP contribution >= 0.6 is 11.6 Å². The number of aromatic nitrogens is 4. The highest BCUT2D eigenvalue weighted by molar-refractivity contribution is 6.31. The van der Waals surface area contributed by atoms with Crippen LogP contribution in [0.2, 0.25) is 5.02 Å². The van der Waals surface area contributed by atoms with Gasteiger partial charge in [-0.1, -0.05) is 44.5 Å². The average molecular weight is 819 g/mol. The number of pyridine rings is 1. The predicted octanol–water partition coefficient (Wildman–Crippen LogP) is 3.65. The van der Waals surface area contributed by atoms with E-state index < -0.39 is 52.6 Å². The van der Waals surface area contributed by atoms with Crippen LogP contribution in [0.3, 0.4) is 0 Å². The van der Waals surface area contributed by atoms with Crippen molar-refractivity contribution in [3.63, 3.8) is 0 Å². The highest BCUT2D eigenvalue weighted by atomic mass is 35.5. The van der Waals surface area contributed by atoms with E-state index in [2.05, 4.69) is 25.1 Å². The monoisotopic (exact) mass is 818 g/mol. The predicted molar refractivity (Wildman–Crippen MR) is 214 cm³/mol. The van der Waals surface area contributed by atoms with Gasteiger partial charge in [-0.05, 0) is 48.9 Å². The first kappa shape index (κ1) is 39.6. The van der Waals surface area contributed by atoms with Crippen LogP contribution in [-0.2, 0) is 16.0 Å². The molecule has 8 rings (SSSR count). The number of piperazine rings is 1. The summed E-state index contributed by atoms with van der Waals surface area (Å²) in [6.45, 7) is 11.6. The summed E-state index contributed by atoms with van der Waals surface area (Å²) in [5, 5.41) is 18.2. The number of likely N-dealkylation sites (tertiary alicyclic amines) is 1. The van der Waals surface area contributed by atoms with E-state index in [1.807, 2.05) is 33.8 Å². The van der Waals surface area contributed by atoms with Crippen molar-refractivity contribution in [2.45, 2.75) is 65.1 Å². The molecule has 1 unspecified atom stereocenters. The molecule has 1 aliphatic carbocycles. The molecule has 2 aromatic carbocycles. The fraction of sp³-hybridized carbons (Fsp3) is 0.405. The Kier molecular flexibility index (Phi) is 10.0. The number of nitrogens with two attached hydrogens (primary N) is 1. The number of rotatable bonds is 10. The summed E-state index contributed by atoms with van der Waals surface area (Å²) in [5.41, 5.74) is 6.19. The Morgan fingerprint density at radius 3 is 2.34 bits per heavy atom. The molecule has 1 atom stereocenters. The zero-order valence-electron chi connectivity index (χ0n) is 33.1. The fourth-order valence-electron chi connectivity index (χ4n) is 9.58. The van der Waals surface area contributed by atoms with E-state index in [1.165, 1.54) is 11.1 Å². The number of hydrogen-bond acceptors (Lipinski definition) is 12. The van der Waals surface area contributed by atoms with Gasteiger partial charge in [-0.2, -0.15) is 5.26 Å². The third-order valence-electron chi connectivity index (χ3n) is 12.2. The van der Waals surface area contributed by atoms with E-state index in [1.54, 1.807) is 59.4 Å². The molecule has 16 nitrogen and oxygen atoms in total. The third kappa shape index (κ3) is 6.87. The van der Waals surface area contributed by atoms with Crippen LogP contribution in [0.5, 0.6) is 5.75 Å². The lowest BCUT2D eigenvalue weighted by Crippen LogP contribution is -2.77. The molecule has 3 aliphatic heterocycles. The van der Waals surface area contributed by atoms with E-state index in [4.69, 9.17) is 22.1 Å². The number of primary amides is 1. The number of fused-ring (bicyclic) bond motifs is 1. The molecule has 59 heavy (non-hydrogen) atoms. The molecule has 4 aromatic rings. The summed E-state index contributed by atoms with van der Waals surface area (Å²) in [5.74, 6) is -1.42. The Bertz CT molecular complexity index is 2420. The van der Waals surface area contributed by atoms with Crippen molar-refractivity contribution >= 4 is 47.0 Å². The smallest absolute Gasteiger partial charge is 0.262 e. The minimum absolute atomic E-state index is 0.0186. The van der Waals surface area contributed by atoms with Crippen molar-refractivity contribution in [1.82, 2.24) is 34.7 Å². The molecule has 3 fully saturated rings. The van der Waals surface area contributed by atoms with Crippen molar-refractivity contribution in [2.24, 2.45) is 16.6 Å². The van der Waals surface area contributed by atoms with Crippen LogP contribution in [0.25, 0.3) is 5.69 Å². The first-order chi connectivity index (χ1) is 28.1. The van der Waals surface area contributed by atoms with Gasteiger partial charge in [0.25, 0.3) is 17.7 Å². The molecule has 0 spiro atoms. The summed E-state index contributed by atoms with van der Waals surface area (Å²) < 4.78 is 7.94. The highest BCUT2D eigenvalue weighted by Gasteiger charge is 2.68. The number of hydrogen-bond donors (Lipinski definition) is 1. The molecular weight excluding hydrogens is 776 g/mol. The van der Waals surface area contributed by atoms with E-state index >= 15 is 0 Å². The van der Waals surface area contributed by atoms with Crippen molar-refractivity contribution in [1.29, 1.82) is 5.26 Å². The lowest BCUT2D eigenvalue weighted by atomic mass is 9.48. The van der Waals surface area contributed by atoms with Gasteiger partial charge in [0.1, 0.15) is 29.8 Å². The highest BCUT2D eigenvalue weighted by Crippen LogP contribution is 2.58. The number of amides is 5. The van der Waals surface area contributed by atoms with E-state index in [0.29, 0.717) is 29.0 Å². The molecule has 304 valence electrons. The Hall–Kier alpha value is -6.18. The number of anilines is 1. The largest absolute Gasteiger partial charge is 0.489 e. The molecule has 2 aromatic heterocycles. The SMILES string of the molecule is CC1(C)C(Oc2ccc(C#N)c(Cl)c2)C(C)(C)C1N1C(=O)CCC(N2C(=O)c3ccc(-n4cc(CCN5CCN(c6ccc(C(N)=O)cn6)CC5)nn4)cc3C2=O)C1=O. The van der Waals surface area contributed by atoms with E-state index in [0.717, 1.165) is 49.1 Å². The zero-order chi connectivity index (χ0) is 42.0. The summed E-state index contributed by atoms with van der Waals surface area (Å²) in [4.78, 5) is 78.3. The Labute approximate surface area is 345 Å². The number of carbonyl (C=O) groups excluding carboxylic acids is 5. The van der Waals surface area contributed by atoms with Gasteiger partial charge in [0.05, 0.1) is 50.9 Å². The first-order valence-corrected chi connectivity index (χ1v) is 19.9. The van der Waals surface area contributed by atoms with Crippen molar-refractivity contribution in [3.05, 3.63) is 93.9 Å². The van der Waals surface area contributed by atoms with Gasteiger partial charge < -0.3 is 15.4 Å². The van der Waals surface area contributed by atoms with Gasteiger partial charge in [-0.25, -0.2) is 9.67 Å². The van der Waals surface area contributed by atoms with Crippen molar-refractivity contribution < 1.29 is 28.7 Å². The maximum Gasteiger partial charge on any atom is 0.262 e. The number of piperidine rings is 1. The molecule has 0 bridgehead atoms. The van der Waals surface area contributed by atoms with Crippen LogP contribution in [0.4, 0.5) is 5.82 Å². The number of nitrogens with zero attached hydrogens (tertiary/aromatic N) is 9. The topological polar surface area (TPSA) is 201 Å². The van der Waals surface area contributed by atoms with Gasteiger partial charge >= 0.3 is 0 Å². The maximum absolute atomic E-state index is 14.4. The molecule has 17 heteroatoms. The summed E-state index contributed by atoms with van der Waals surface area (Å²) in [6, 6.07) is 13.4. The third-order valence-corrected chi connectivity index (χ3v) is 12.5. The molecule has 1 saturated carbocycles. The van der Waals surface area contributed by atoms with Gasteiger partial charge in [-0.3, -0.25) is 38.7 Å². The Morgan fingerprint density at radius 2 is 1.68 bits per heavy atom. The van der Waals surface area contributed by atoms with Crippen LogP contribution in [0.1, 0.15) is 82.9 Å². The second-order valence-corrected chi connectivity index (χ2v) is 17.1. The molecule has 2 saturated heterocycles. The van der Waals surface area contributed by atoms with Crippen LogP contribution in [0.15, 0.2) is 60.9 Å². The van der Waals surface area contributed by atoms with E-state index in [-0.39, 0.29) is 34.9 Å². The van der Waals surface area contributed by atoms with Gasteiger partial charge in [0.15, 0.2) is 0 Å². The van der Waals surface area contributed by atoms with Crippen LogP contribution in [0, 0.1) is 22.2 Å². The lowest BCUT2D eigenvalue weighted by Gasteiger charge is -2.65. The summed E-state index contributed by atoms with van der Waals surface area (Å²) in [7, 11) is 0. The molecular formula is C42H43ClN10O6. The number of nitriles is 1. The number of carbonyl (C=O) groups is 5. The Morgan fingerprint density at radius 1 is 0.949 bits per heavy atom. The number of halogens is 1. The van der Waals surface area contributed by atoms with Crippen LogP contribution < -0.4 is 15.4 Å². The minimum Gasteiger partial charge on any atom is -0.489 e. The normalized spacial score (nSPS) is 22.6. The molecule has 2 N–H and O–H groups in total. The number of imide groups is 2. The fourth-order valence-corrected chi connectivity index (χ4v) is 9.79. The molecule has 0 radical (unpaired) electrons. The summed E-state index contributed by atoms with van der Waals surface area (Å²) in [6.07, 6.45) is 3.49. The van der Waals surface area contributed by atoms with Gasteiger partial charge in [-0.15, -0.1) is 5.10 Å². The quantitative estimate of drug-likeness (QED) is 0.228.